The van der Waals surface area contributed by atoms with Crippen LogP contribution in [-0.2, 0) is 0 Å². The van der Waals surface area contributed by atoms with Gasteiger partial charge in [0.1, 0.15) is 0 Å². The van der Waals surface area contributed by atoms with Crippen LogP contribution in [0.15, 0.2) is 0 Å². The highest BCUT2D eigenvalue weighted by Gasteiger charge is 2.21. The zero-order chi connectivity index (χ0) is 7.98. The van der Waals surface area contributed by atoms with E-state index in [1.54, 1.807) is 0 Å². The third-order valence-corrected chi connectivity index (χ3v) is 2.31. The average Bonchev–Trinajstić information content (AvgIpc) is 1.89. The third kappa shape index (κ3) is 2.70. The molecule has 1 nitrogen and oxygen atoms in total. The highest BCUT2D eigenvalue weighted by molar-refractivity contribution is 4.77. The van der Waals surface area contributed by atoms with Gasteiger partial charge in [-0.2, -0.15) is 0 Å². The van der Waals surface area contributed by atoms with Crippen LogP contribution in [0.5, 0.6) is 0 Å². The fraction of sp³-hybridized carbons (Fsp3) is 1.00. The lowest BCUT2D eigenvalue weighted by molar-refractivity contribution is 0.249. The lowest BCUT2D eigenvalue weighted by atomic mass is 9.80. The van der Waals surface area contributed by atoms with Crippen molar-refractivity contribution in [2.45, 2.75) is 46.1 Å². The topological polar surface area (TPSA) is 12.0 Å². The van der Waals surface area contributed by atoms with Crippen molar-refractivity contribution in [1.82, 2.24) is 5.32 Å². The molecule has 62 valence electrons. The highest BCUT2D eigenvalue weighted by Crippen LogP contribution is 2.28. The van der Waals surface area contributed by atoms with Crippen molar-refractivity contribution >= 4 is 0 Å². The van der Waals surface area contributed by atoms with Gasteiger partial charge in [-0.15, -0.1) is 0 Å². The molecule has 1 unspecified atom stereocenters. The second kappa shape index (κ2) is 5.72. The van der Waals surface area contributed by atoms with Gasteiger partial charge in [0, 0.05) is 6.04 Å². The minimum absolute atomic E-state index is 0.753. The molecule has 0 amide bonds. The first-order valence-corrected chi connectivity index (χ1v) is 4.52. The summed E-state index contributed by atoms with van der Waals surface area (Å²) in [6, 6.07) is 0.753. The number of nitrogens with one attached hydrogen (secondary N) is 1. The first kappa shape index (κ1) is 9.96. The Morgan fingerprint density at radius 1 is 1.30 bits per heavy atom. The Balaban J connectivity index is 0.000000371. The molecule has 0 aliphatic heterocycles. The van der Waals surface area contributed by atoms with E-state index in [1.807, 2.05) is 20.9 Å². The van der Waals surface area contributed by atoms with E-state index in [0.29, 0.717) is 0 Å². The second-order valence-corrected chi connectivity index (χ2v) is 2.77. The van der Waals surface area contributed by atoms with Crippen molar-refractivity contribution in [1.29, 1.82) is 0 Å². The lowest BCUT2D eigenvalue weighted by Crippen LogP contribution is -2.34. The van der Waals surface area contributed by atoms with Crippen molar-refractivity contribution in [3.8, 4) is 0 Å². The molecule has 1 atom stereocenters. The molecule has 0 spiro atoms. The Labute approximate surface area is 65.2 Å². The molecule has 1 fully saturated rings. The Kier molecular flexibility index (Phi) is 5.70. The Morgan fingerprint density at radius 3 is 1.90 bits per heavy atom. The minimum Gasteiger partial charge on any atom is -0.317 e. The Bertz CT molecular complexity index is 64.4. The quantitative estimate of drug-likeness (QED) is 0.626. The smallest absolute Gasteiger partial charge is 0.00639 e. The van der Waals surface area contributed by atoms with Gasteiger partial charge in [0.2, 0.25) is 0 Å². The summed E-state index contributed by atoms with van der Waals surface area (Å²) >= 11 is 0. The van der Waals surface area contributed by atoms with Crippen LogP contribution in [0, 0.1) is 5.92 Å². The Hall–Kier alpha value is -0.0400. The third-order valence-electron chi connectivity index (χ3n) is 2.31. The van der Waals surface area contributed by atoms with E-state index in [9.17, 15) is 0 Å². The summed E-state index contributed by atoms with van der Waals surface area (Å²) in [6.45, 7) is 6.27. The lowest BCUT2D eigenvalue weighted by Gasteiger charge is -2.30. The molecular formula is C9H21N. The molecule has 0 heterocycles. The van der Waals surface area contributed by atoms with Gasteiger partial charge in [0.05, 0.1) is 0 Å². The summed E-state index contributed by atoms with van der Waals surface area (Å²) in [4.78, 5) is 0. The van der Waals surface area contributed by atoms with E-state index in [-0.39, 0.29) is 0 Å². The molecule has 0 aromatic heterocycles. The van der Waals surface area contributed by atoms with Crippen LogP contribution in [0.2, 0.25) is 0 Å². The van der Waals surface area contributed by atoms with Gasteiger partial charge in [-0.05, 0) is 32.7 Å². The summed E-state index contributed by atoms with van der Waals surface area (Å²) in [5, 5.41) is 3.27. The minimum atomic E-state index is 0.753. The molecule has 0 saturated heterocycles. The van der Waals surface area contributed by atoms with Crippen LogP contribution < -0.4 is 5.32 Å². The van der Waals surface area contributed by atoms with Crippen LogP contribution in [0.25, 0.3) is 0 Å². The standard InChI is InChI=1S/C7H15N.C2H6/c1-6(8-2)7-4-3-5-7;1-2/h6-8H,3-5H2,1-2H3;1-2H3. The monoisotopic (exact) mass is 143 g/mol. The maximum Gasteiger partial charge on any atom is 0.00639 e. The van der Waals surface area contributed by atoms with Crippen molar-refractivity contribution in [2.24, 2.45) is 5.92 Å². The highest BCUT2D eigenvalue weighted by atomic mass is 14.9. The van der Waals surface area contributed by atoms with Gasteiger partial charge in [-0.25, -0.2) is 0 Å². The molecule has 1 aliphatic carbocycles. The molecular weight excluding hydrogens is 122 g/mol. The van der Waals surface area contributed by atoms with E-state index < -0.39 is 0 Å². The maximum absolute atomic E-state index is 3.27. The number of hydrogen-bond acceptors (Lipinski definition) is 1. The maximum atomic E-state index is 3.27. The molecule has 0 radical (unpaired) electrons. The fourth-order valence-corrected chi connectivity index (χ4v) is 1.18. The van der Waals surface area contributed by atoms with E-state index in [2.05, 4.69) is 12.2 Å². The molecule has 1 N–H and O–H groups in total. The summed E-state index contributed by atoms with van der Waals surface area (Å²) in [5.41, 5.74) is 0. The van der Waals surface area contributed by atoms with Gasteiger partial charge in [0.25, 0.3) is 0 Å². The zero-order valence-electron chi connectivity index (χ0n) is 7.78. The molecule has 0 bridgehead atoms. The van der Waals surface area contributed by atoms with Gasteiger partial charge in [-0.3, -0.25) is 0 Å². The van der Waals surface area contributed by atoms with E-state index in [1.165, 1.54) is 19.3 Å². The summed E-state index contributed by atoms with van der Waals surface area (Å²) < 4.78 is 0. The largest absolute Gasteiger partial charge is 0.317 e. The van der Waals surface area contributed by atoms with Crippen LogP contribution >= 0.6 is 0 Å². The predicted octanol–water partition coefficient (Wildman–Crippen LogP) is 2.42. The van der Waals surface area contributed by atoms with Crippen LogP contribution in [-0.4, -0.2) is 13.1 Å². The molecule has 1 aliphatic rings. The van der Waals surface area contributed by atoms with Crippen molar-refractivity contribution < 1.29 is 0 Å². The van der Waals surface area contributed by atoms with Crippen LogP contribution in [0.3, 0.4) is 0 Å². The zero-order valence-corrected chi connectivity index (χ0v) is 7.78. The van der Waals surface area contributed by atoms with E-state index >= 15 is 0 Å². The molecule has 0 aromatic rings. The molecule has 1 saturated carbocycles. The normalized spacial score (nSPS) is 20.4. The fourth-order valence-electron chi connectivity index (χ4n) is 1.18. The molecule has 10 heavy (non-hydrogen) atoms. The van der Waals surface area contributed by atoms with E-state index in [0.717, 1.165) is 12.0 Å². The van der Waals surface area contributed by atoms with Gasteiger partial charge < -0.3 is 5.32 Å². The van der Waals surface area contributed by atoms with Crippen LogP contribution in [0.1, 0.15) is 40.0 Å². The number of hydrogen-bond donors (Lipinski definition) is 1. The average molecular weight is 143 g/mol. The first-order chi connectivity index (χ1) is 4.84. The van der Waals surface area contributed by atoms with Crippen molar-refractivity contribution in [3.63, 3.8) is 0 Å². The molecule has 0 aromatic carbocycles. The van der Waals surface area contributed by atoms with Gasteiger partial charge >= 0.3 is 0 Å². The first-order valence-electron chi connectivity index (χ1n) is 4.52. The molecule has 1 rings (SSSR count). The van der Waals surface area contributed by atoms with Gasteiger partial charge in [0.15, 0.2) is 0 Å². The van der Waals surface area contributed by atoms with Crippen molar-refractivity contribution in [3.05, 3.63) is 0 Å². The SMILES string of the molecule is CC.CNC(C)C1CCC1. The van der Waals surface area contributed by atoms with E-state index in [4.69, 9.17) is 0 Å². The Morgan fingerprint density at radius 2 is 1.80 bits per heavy atom. The second-order valence-electron chi connectivity index (χ2n) is 2.77. The summed E-state index contributed by atoms with van der Waals surface area (Å²) in [5.74, 6) is 0.986. The summed E-state index contributed by atoms with van der Waals surface area (Å²) in [7, 11) is 2.04. The van der Waals surface area contributed by atoms with Crippen LogP contribution in [0.4, 0.5) is 0 Å². The van der Waals surface area contributed by atoms with Crippen molar-refractivity contribution in [2.75, 3.05) is 7.05 Å². The molecule has 1 heteroatoms. The predicted molar refractivity (Wildman–Crippen MR) is 47.2 cm³/mol. The van der Waals surface area contributed by atoms with Gasteiger partial charge in [-0.1, -0.05) is 20.3 Å². The number of rotatable bonds is 2. The summed E-state index contributed by atoms with van der Waals surface area (Å²) in [6.07, 6.45) is 4.35.